The molecule has 5 heteroatoms. The van der Waals surface area contributed by atoms with Gasteiger partial charge in [-0.1, -0.05) is 49.4 Å². The second kappa shape index (κ2) is 10.4. The highest BCUT2D eigenvalue weighted by Crippen LogP contribution is 2.16. The molecule has 0 saturated carbocycles. The fourth-order valence-corrected chi connectivity index (χ4v) is 2.80. The van der Waals surface area contributed by atoms with Crippen molar-refractivity contribution in [2.45, 2.75) is 32.2 Å². The molecule has 27 heavy (non-hydrogen) atoms. The normalized spacial score (nSPS) is 11.5. The molecule has 0 aliphatic heterocycles. The number of aryl methyl sites for hydroxylation is 1. The number of carbonyl (C=O) groups is 2. The van der Waals surface area contributed by atoms with Crippen molar-refractivity contribution in [3.8, 4) is 0 Å². The Hall–Kier alpha value is -2.82. The largest absolute Gasteiger partial charge is 0.376 e. The summed E-state index contributed by atoms with van der Waals surface area (Å²) in [4.78, 5) is 25.5. The van der Waals surface area contributed by atoms with Crippen LogP contribution in [0.5, 0.6) is 0 Å². The highest BCUT2D eigenvalue weighted by Gasteiger charge is 2.12. The van der Waals surface area contributed by atoms with Gasteiger partial charge in [0.05, 0.1) is 12.6 Å². The molecule has 5 nitrogen and oxygen atoms in total. The molecule has 0 saturated heterocycles. The Morgan fingerprint density at radius 1 is 1.00 bits per heavy atom. The standard InChI is InChI=1S/C22H29N3O2/c1-4-20(18-8-6-5-7-9-18)24-21(26)16-23-19-13-10-17(11-14-19)12-15-22(27)25(2)3/h5-11,13-14,20,23H,4,12,15-16H2,1-3H3,(H,24,26). The molecule has 2 aromatic rings. The van der Waals surface area contributed by atoms with Crippen LogP contribution in [0.4, 0.5) is 5.69 Å². The van der Waals surface area contributed by atoms with E-state index in [9.17, 15) is 9.59 Å². The van der Waals surface area contributed by atoms with E-state index in [1.165, 1.54) is 0 Å². The second-order valence-electron chi connectivity index (χ2n) is 6.78. The van der Waals surface area contributed by atoms with Crippen LogP contribution in [-0.4, -0.2) is 37.4 Å². The number of nitrogens with one attached hydrogen (secondary N) is 2. The molecule has 0 radical (unpaired) electrons. The number of anilines is 1. The lowest BCUT2D eigenvalue weighted by Crippen LogP contribution is -2.33. The summed E-state index contributed by atoms with van der Waals surface area (Å²) in [6, 6.07) is 17.9. The van der Waals surface area contributed by atoms with Crippen LogP contribution in [-0.2, 0) is 16.0 Å². The first-order valence-electron chi connectivity index (χ1n) is 9.37. The number of hydrogen-bond donors (Lipinski definition) is 2. The van der Waals surface area contributed by atoms with Gasteiger partial charge in [0.2, 0.25) is 11.8 Å². The minimum absolute atomic E-state index is 0.0251. The predicted octanol–water partition coefficient (Wildman–Crippen LogP) is 3.39. The number of rotatable bonds is 9. The van der Waals surface area contributed by atoms with Gasteiger partial charge in [0, 0.05) is 26.2 Å². The number of benzene rings is 2. The summed E-state index contributed by atoms with van der Waals surface area (Å²) in [6.07, 6.45) is 2.06. The molecule has 0 fully saturated rings. The summed E-state index contributed by atoms with van der Waals surface area (Å²) < 4.78 is 0. The lowest BCUT2D eigenvalue weighted by atomic mass is 10.0. The molecule has 0 spiro atoms. The van der Waals surface area contributed by atoms with Crippen LogP contribution in [0.15, 0.2) is 54.6 Å². The molecule has 1 atom stereocenters. The third-order valence-corrected chi connectivity index (χ3v) is 4.48. The molecule has 0 aliphatic rings. The van der Waals surface area contributed by atoms with Gasteiger partial charge < -0.3 is 15.5 Å². The maximum atomic E-state index is 12.3. The number of carbonyl (C=O) groups excluding carboxylic acids is 2. The zero-order valence-electron chi connectivity index (χ0n) is 16.4. The molecule has 2 amide bonds. The summed E-state index contributed by atoms with van der Waals surface area (Å²) >= 11 is 0. The number of nitrogens with zero attached hydrogens (tertiary/aromatic N) is 1. The Kier molecular flexibility index (Phi) is 7.86. The topological polar surface area (TPSA) is 61.4 Å². The monoisotopic (exact) mass is 367 g/mol. The molecule has 0 aliphatic carbocycles. The zero-order valence-corrected chi connectivity index (χ0v) is 16.4. The van der Waals surface area contributed by atoms with Crippen molar-refractivity contribution >= 4 is 17.5 Å². The van der Waals surface area contributed by atoms with E-state index in [1.54, 1.807) is 19.0 Å². The van der Waals surface area contributed by atoms with E-state index < -0.39 is 0 Å². The minimum atomic E-state index is -0.0358. The molecule has 144 valence electrons. The first kappa shape index (κ1) is 20.5. The summed E-state index contributed by atoms with van der Waals surface area (Å²) in [5.41, 5.74) is 3.11. The maximum absolute atomic E-state index is 12.3. The zero-order chi connectivity index (χ0) is 19.6. The summed E-state index contributed by atoms with van der Waals surface area (Å²) in [5, 5.41) is 6.21. The fraction of sp³-hybridized carbons (Fsp3) is 0.364. The number of amides is 2. The summed E-state index contributed by atoms with van der Waals surface area (Å²) in [7, 11) is 3.53. The first-order valence-corrected chi connectivity index (χ1v) is 9.37. The van der Waals surface area contributed by atoms with Crippen molar-refractivity contribution in [2.75, 3.05) is 26.0 Å². The van der Waals surface area contributed by atoms with E-state index >= 15 is 0 Å². The molecule has 2 N–H and O–H groups in total. The van der Waals surface area contributed by atoms with Crippen molar-refractivity contribution in [3.63, 3.8) is 0 Å². The Balaban J connectivity index is 1.80. The van der Waals surface area contributed by atoms with Gasteiger partial charge in [0.15, 0.2) is 0 Å². The third kappa shape index (κ3) is 6.77. The van der Waals surface area contributed by atoms with Crippen LogP contribution in [0.1, 0.15) is 36.9 Å². The highest BCUT2D eigenvalue weighted by molar-refractivity contribution is 5.81. The van der Waals surface area contributed by atoms with Crippen LogP contribution in [0.3, 0.4) is 0 Å². The lowest BCUT2D eigenvalue weighted by Gasteiger charge is -2.18. The maximum Gasteiger partial charge on any atom is 0.239 e. The van der Waals surface area contributed by atoms with Crippen molar-refractivity contribution in [3.05, 3.63) is 65.7 Å². The average molecular weight is 367 g/mol. The first-order chi connectivity index (χ1) is 13.0. The van der Waals surface area contributed by atoms with Gasteiger partial charge >= 0.3 is 0 Å². The summed E-state index contributed by atoms with van der Waals surface area (Å²) in [6.45, 7) is 2.28. The SMILES string of the molecule is CCC(NC(=O)CNc1ccc(CCC(=O)N(C)C)cc1)c1ccccc1. The van der Waals surface area contributed by atoms with Gasteiger partial charge in [-0.25, -0.2) is 0 Å². The average Bonchev–Trinajstić information content (AvgIpc) is 2.70. The Bertz CT molecular complexity index is 727. The van der Waals surface area contributed by atoms with Gasteiger partial charge in [-0.2, -0.15) is 0 Å². The third-order valence-electron chi connectivity index (χ3n) is 4.48. The van der Waals surface area contributed by atoms with Gasteiger partial charge in [0.1, 0.15) is 0 Å². The minimum Gasteiger partial charge on any atom is -0.376 e. The van der Waals surface area contributed by atoms with Gasteiger partial charge in [0.25, 0.3) is 0 Å². The van der Waals surface area contributed by atoms with Gasteiger partial charge in [-0.15, -0.1) is 0 Å². The molecule has 0 bridgehead atoms. The Morgan fingerprint density at radius 3 is 2.26 bits per heavy atom. The van der Waals surface area contributed by atoms with Crippen molar-refractivity contribution in [2.24, 2.45) is 0 Å². The van der Waals surface area contributed by atoms with E-state index in [0.29, 0.717) is 12.8 Å². The van der Waals surface area contributed by atoms with Crippen LogP contribution < -0.4 is 10.6 Å². The molecular formula is C22H29N3O2. The smallest absolute Gasteiger partial charge is 0.239 e. The molecule has 0 aromatic heterocycles. The van der Waals surface area contributed by atoms with E-state index in [1.807, 2.05) is 54.6 Å². The van der Waals surface area contributed by atoms with Crippen molar-refractivity contribution in [1.29, 1.82) is 0 Å². The Labute approximate surface area is 161 Å². The number of hydrogen-bond acceptors (Lipinski definition) is 3. The van der Waals surface area contributed by atoms with Crippen LogP contribution in [0.25, 0.3) is 0 Å². The van der Waals surface area contributed by atoms with Gasteiger partial charge in [-0.3, -0.25) is 9.59 Å². The van der Waals surface area contributed by atoms with E-state index in [2.05, 4.69) is 17.6 Å². The van der Waals surface area contributed by atoms with E-state index in [-0.39, 0.29) is 24.4 Å². The molecule has 2 rings (SSSR count). The van der Waals surface area contributed by atoms with Crippen LogP contribution in [0, 0.1) is 0 Å². The van der Waals surface area contributed by atoms with Crippen LogP contribution >= 0.6 is 0 Å². The lowest BCUT2D eigenvalue weighted by molar-refractivity contribution is -0.128. The van der Waals surface area contributed by atoms with Crippen molar-refractivity contribution < 1.29 is 9.59 Å². The molecule has 1 unspecified atom stereocenters. The van der Waals surface area contributed by atoms with Gasteiger partial charge in [-0.05, 0) is 36.1 Å². The molecule has 2 aromatic carbocycles. The molecular weight excluding hydrogens is 338 g/mol. The predicted molar refractivity (Wildman–Crippen MR) is 110 cm³/mol. The quantitative estimate of drug-likeness (QED) is 0.714. The highest BCUT2D eigenvalue weighted by atomic mass is 16.2. The molecule has 0 heterocycles. The summed E-state index contributed by atoms with van der Waals surface area (Å²) in [5.74, 6) is 0.0872. The van der Waals surface area contributed by atoms with E-state index in [4.69, 9.17) is 0 Å². The fourth-order valence-electron chi connectivity index (χ4n) is 2.80. The van der Waals surface area contributed by atoms with E-state index in [0.717, 1.165) is 23.2 Å². The van der Waals surface area contributed by atoms with Crippen molar-refractivity contribution in [1.82, 2.24) is 10.2 Å². The second-order valence-corrected chi connectivity index (χ2v) is 6.78. The van der Waals surface area contributed by atoms with Crippen LogP contribution in [0.2, 0.25) is 0 Å². The Morgan fingerprint density at radius 2 is 1.67 bits per heavy atom.